The van der Waals surface area contributed by atoms with Crippen molar-refractivity contribution >= 4 is 5.84 Å². The Labute approximate surface area is 83.4 Å². The van der Waals surface area contributed by atoms with E-state index in [2.05, 4.69) is 41.0 Å². The Morgan fingerprint density at radius 3 is 2.64 bits per heavy atom. The van der Waals surface area contributed by atoms with E-state index >= 15 is 0 Å². The number of aromatic nitrogens is 3. The second-order valence-corrected chi connectivity index (χ2v) is 4.43. The minimum Gasteiger partial charge on any atom is -0.272 e. The van der Waals surface area contributed by atoms with Crippen LogP contribution in [-0.4, -0.2) is 44.5 Å². The van der Waals surface area contributed by atoms with Crippen molar-refractivity contribution in [2.45, 2.75) is 26.3 Å². The zero-order valence-corrected chi connectivity index (χ0v) is 8.80. The second kappa shape index (κ2) is 3.16. The number of rotatable bonds is 0. The largest absolute Gasteiger partial charge is 0.272 e. The summed E-state index contributed by atoms with van der Waals surface area (Å²) >= 11 is 0. The van der Waals surface area contributed by atoms with Crippen molar-refractivity contribution in [1.82, 2.24) is 19.9 Å². The van der Waals surface area contributed by atoms with E-state index in [0.29, 0.717) is 0 Å². The summed E-state index contributed by atoms with van der Waals surface area (Å²) in [5.41, 5.74) is 0.159. The molecule has 14 heavy (non-hydrogen) atoms. The maximum atomic E-state index is 4.43. The predicted molar refractivity (Wildman–Crippen MR) is 54.2 cm³/mol. The van der Waals surface area contributed by atoms with Crippen LogP contribution in [0.3, 0.4) is 0 Å². The molecule has 1 aromatic rings. The van der Waals surface area contributed by atoms with Crippen LogP contribution in [-0.2, 0) is 0 Å². The van der Waals surface area contributed by atoms with Crippen molar-refractivity contribution in [3.05, 3.63) is 12.4 Å². The molecule has 2 rings (SSSR count). The Morgan fingerprint density at radius 1 is 1.36 bits per heavy atom. The summed E-state index contributed by atoms with van der Waals surface area (Å²) in [6.45, 7) is 8.15. The van der Waals surface area contributed by atoms with Crippen LogP contribution in [0.1, 0.15) is 20.8 Å². The first-order chi connectivity index (χ1) is 6.57. The fourth-order valence-electron chi connectivity index (χ4n) is 1.38. The summed E-state index contributed by atoms with van der Waals surface area (Å²) in [6, 6.07) is 0. The lowest BCUT2D eigenvalue weighted by Crippen LogP contribution is -2.41. The normalized spacial score (nSPS) is 18.6. The molecule has 0 fully saturated rings. The van der Waals surface area contributed by atoms with Crippen LogP contribution < -0.4 is 0 Å². The van der Waals surface area contributed by atoms with E-state index in [9.17, 15) is 0 Å². The molecule has 0 bridgehead atoms. The number of hydrogen-bond donors (Lipinski definition) is 0. The molecule has 0 atom stereocenters. The summed E-state index contributed by atoms with van der Waals surface area (Å²) in [7, 11) is 0. The van der Waals surface area contributed by atoms with Gasteiger partial charge in [0.25, 0.3) is 0 Å². The summed E-state index contributed by atoms with van der Waals surface area (Å²) in [4.78, 5) is 6.72. The van der Waals surface area contributed by atoms with Crippen LogP contribution in [0.15, 0.2) is 17.4 Å². The molecule has 1 aromatic heterocycles. The third-order valence-corrected chi connectivity index (χ3v) is 2.39. The van der Waals surface area contributed by atoms with Crippen molar-refractivity contribution in [3.63, 3.8) is 0 Å². The van der Waals surface area contributed by atoms with E-state index in [0.717, 1.165) is 19.0 Å². The van der Waals surface area contributed by atoms with Gasteiger partial charge in [-0.25, -0.2) is 4.68 Å². The molecular formula is C9H15N5. The molecule has 0 spiro atoms. The van der Waals surface area contributed by atoms with Crippen molar-refractivity contribution < 1.29 is 0 Å². The monoisotopic (exact) mass is 193 g/mol. The number of hydrogen-bond acceptors (Lipinski definition) is 4. The highest BCUT2D eigenvalue weighted by Gasteiger charge is 2.27. The first-order valence-electron chi connectivity index (χ1n) is 4.72. The summed E-state index contributed by atoms with van der Waals surface area (Å²) in [5, 5.41) is 7.69. The van der Waals surface area contributed by atoms with Gasteiger partial charge in [-0.05, 0) is 20.8 Å². The van der Waals surface area contributed by atoms with Gasteiger partial charge in [0.1, 0.15) is 5.84 Å². The Bertz CT molecular complexity index is 333. The molecule has 1 aliphatic rings. The predicted octanol–water partition coefficient (Wildman–Crippen LogP) is 0.596. The number of nitrogens with zero attached hydrogens (tertiary/aromatic N) is 5. The van der Waals surface area contributed by atoms with Gasteiger partial charge in [-0.3, -0.25) is 9.89 Å². The third kappa shape index (κ3) is 1.68. The molecule has 2 heterocycles. The smallest absolute Gasteiger partial charge is 0.142 e. The molecule has 0 N–H and O–H groups in total. The maximum absolute atomic E-state index is 4.43. The fourth-order valence-corrected chi connectivity index (χ4v) is 1.38. The van der Waals surface area contributed by atoms with Crippen LogP contribution in [0.2, 0.25) is 0 Å². The van der Waals surface area contributed by atoms with Crippen LogP contribution in [0.25, 0.3) is 0 Å². The highest BCUT2D eigenvalue weighted by Crippen LogP contribution is 2.16. The van der Waals surface area contributed by atoms with Gasteiger partial charge in [0, 0.05) is 5.54 Å². The summed E-state index contributed by atoms with van der Waals surface area (Å²) < 4.78 is 1.73. The molecule has 5 nitrogen and oxygen atoms in total. The Hall–Kier alpha value is -1.23. The molecule has 5 heteroatoms. The van der Waals surface area contributed by atoms with Crippen LogP contribution >= 0.6 is 0 Å². The minimum atomic E-state index is 0.159. The van der Waals surface area contributed by atoms with Gasteiger partial charge < -0.3 is 0 Å². The lowest BCUT2D eigenvalue weighted by Gasteiger charge is -2.30. The van der Waals surface area contributed by atoms with E-state index in [1.165, 1.54) is 0 Å². The number of aliphatic imine (C=N–C) groups is 1. The molecule has 1 aliphatic heterocycles. The Balaban J connectivity index is 2.08. The van der Waals surface area contributed by atoms with E-state index in [4.69, 9.17) is 0 Å². The van der Waals surface area contributed by atoms with Gasteiger partial charge in [0.05, 0.1) is 25.6 Å². The Kier molecular flexibility index (Phi) is 2.11. The van der Waals surface area contributed by atoms with Gasteiger partial charge in [0.2, 0.25) is 0 Å². The van der Waals surface area contributed by atoms with Gasteiger partial charge in [-0.2, -0.15) is 0 Å². The zero-order chi connectivity index (χ0) is 10.2. The molecule has 0 saturated heterocycles. The van der Waals surface area contributed by atoms with E-state index in [1.807, 2.05) is 6.20 Å². The van der Waals surface area contributed by atoms with Crippen LogP contribution in [0, 0.1) is 0 Å². The van der Waals surface area contributed by atoms with E-state index in [-0.39, 0.29) is 5.54 Å². The van der Waals surface area contributed by atoms with Crippen molar-refractivity contribution in [2.75, 3.05) is 13.2 Å². The molecular weight excluding hydrogens is 178 g/mol. The van der Waals surface area contributed by atoms with E-state index in [1.54, 1.807) is 10.9 Å². The fraction of sp³-hybridized carbons (Fsp3) is 0.667. The minimum absolute atomic E-state index is 0.159. The second-order valence-electron chi connectivity index (χ2n) is 4.43. The Morgan fingerprint density at radius 2 is 2.14 bits per heavy atom. The average molecular weight is 193 g/mol. The highest BCUT2D eigenvalue weighted by molar-refractivity contribution is 5.86. The zero-order valence-electron chi connectivity index (χ0n) is 8.80. The quantitative estimate of drug-likeness (QED) is 0.606. The van der Waals surface area contributed by atoms with Gasteiger partial charge in [0.15, 0.2) is 0 Å². The van der Waals surface area contributed by atoms with Gasteiger partial charge >= 0.3 is 0 Å². The lowest BCUT2D eigenvalue weighted by atomic mass is 10.1. The molecule has 0 aliphatic carbocycles. The maximum Gasteiger partial charge on any atom is 0.142 e. The summed E-state index contributed by atoms with van der Waals surface area (Å²) in [5.74, 6) is 0.970. The first kappa shape index (κ1) is 9.33. The highest BCUT2D eigenvalue weighted by atomic mass is 15.5. The third-order valence-electron chi connectivity index (χ3n) is 2.39. The first-order valence-corrected chi connectivity index (χ1v) is 4.72. The molecule has 0 saturated carbocycles. The van der Waals surface area contributed by atoms with Crippen LogP contribution in [0.4, 0.5) is 0 Å². The van der Waals surface area contributed by atoms with Crippen molar-refractivity contribution in [1.29, 1.82) is 0 Å². The molecule has 0 aromatic carbocycles. The van der Waals surface area contributed by atoms with Gasteiger partial charge in [-0.1, -0.05) is 5.21 Å². The van der Waals surface area contributed by atoms with Crippen molar-refractivity contribution in [3.8, 4) is 0 Å². The van der Waals surface area contributed by atoms with Crippen molar-refractivity contribution in [2.24, 2.45) is 4.99 Å². The van der Waals surface area contributed by atoms with Crippen LogP contribution in [0.5, 0.6) is 0 Å². The topological polar surface area (TPSA) is 46.3 Å². The van der Waals surface area contributed by atoms with Gasteiger partial charge in [-0.15, -0.1) is 5.10 Å². The van der Waals surface area contributed by atoms with E-state index < -0.39 is 0 Å². The standard InChI is InChI=1S/C9H15N5/c1-9(2,3)13-6-8(10-7-13)14-5-4-11-12-14/h4-5H,6-7H2,1-3H3. The molecule has 0 amide bonds. The lowest BCUT2D eigenvalue weighted by molar-refractivity contribution is 0.177. The molecule has 0 unspecified atom stereocenters. The molecule has 0 radical (unpaired) electrons. The summed E-state index contributed by atoms with van der Waals surface area (Å²) in [6.07, 6.45) is 3.49. The molecule has 76 valence electrons. The SMILES string of the molecule is CC(C)(C)N1CN=C(n2ccnn2)C1. The average Bonchev–Trinajstić information content (AvgIpc) is 2.73.